The number of carbonyl (C=O) groups excluding carboxylic acids is 1. The number of aliphatic hydroxyl groups is 1. The zero-order valence-electron chi connectivity index (χ0n) is 16.8. The quantitative estimate of drug-likeness (QED) is 0.746. The molecule has 0 bridgehead atoms. The minimum absolute atomic E-state index is 0.197. The first kappa shape index (κ1) is 18.2. The lowest BCUT2D eigenvalue weighted by Gasteiger charge is -2.61. The lowest BCUT2D eigenvalue weighted by molar-refractivity contribution is -0.179. The number of ether oxygens (including phenoxy) is 2. The van der Waals surface area contributed by atoms with Gasteiger partial charge >= 0.3 is 5.97 Å². The SMILES string of the molecule is COC1CCC2(C)C(CCC3C2CCC2C(C4=CC(=O)OC4)CCC23O)C1. The predicted octanol–water partition coefficient (Wildman–Crippen LogP) is 3.87. The molecule has 0 amide bonds. The van der Waals surface area contributed by atoms with E-state index < -0.39 is 5.60 Å². The first-order chi connectivity index (χ1) is 13.0. The normalized spacial score (nSPS) is 51.8. The van der Waals surface area contributed by atoms with Crippen molar-refractivity contribution in [3.63, 3.8) is 0 Å². The molecule has 0 aromatic heterocycles. The average molecular weight is 375 g/mol. The van der Waals surface area contributed by atoms with Crippen molar-refractivity contribution < 1.29 is 19.4 Å². The van der Waals surface area contributed by atoms with Crippen molar-refractivity contribution in [1.29, 1.82) is 0 Å². The third-order valence-electron chi connectivity index (χ3n) is 9.55. The number of cyclic esters (lactones) is 1. The molecule has 5 rings (SSSR count). The zero-order chi connectivity index (χ0) is 18.8. The summed E-state index contributed by atoms with van der Waals surface area (Å²) < 4.78 is 10.9. The summed E-state index contributed by atoms with van der Waals surface area (Å²) in [5.41, 5.74) is 0.967. The van der Waals surface area contributed by atoms with Crippen LogP contribution >= 0.6 is 0 Å². The fourth-order valence-corrected chi connectivity index (χ4v) is 8.14. The standard InChI is InChI=1S/C23H34O4/c1-22-9-7-16(26-2)12-15(22)3-4-20-19(22)6-5-18-17(8-10-23(18,20)25)14-11-21(24)27-13-14/h11,15-20,25H,3-10,12-13H2,1-2H3. The van der Waals surface area contributed by atoms with E-state index in [4.69, 9.17) is 9.47 Å². The molecule has 4 saturated carbocycles. The summed E-state index contributed by atoms with van der Waals surface area (Å²) in [7, 11) is 1.86. The van der Waals surface area contributed by atoms with Gasteiger partial charge in [-0.3, -0.25) is 0 Å². The Morgan fingerprint density at radius 2 is 1.85 bits per heavy atom. The molecule has 27 heavy (non-hydrogen) atoms. The van der Waals surface area contributed by atoms with E-state index in [1.165, 1.54) is 32.1 Å². The maximum Gasteiger partial charge on any atom is 0.331 e. The van der Waals surface area contributed by atoms with Gasteiger partial charge in [-0.2, -0.15) is 0 Å². The summed E-state index contributed by atoms with van der Waals surface area (Å²) in [6.45, 7) is 2.96. The number of esters is 1. The number of hydrogen-bond donors (Lipinski definition) is 1. The van der Waals surface area contributed by atoms with E-state index in [2.05, 4.69) is 6.92 Å². The molecule has 0 aromatic rings. The van der Waals surface area contributed by atoms with E-state index in [0.717, 1.165) is 37.2 Å². The number of carbonyl (C=O) groups is 1. The van der Waals surface area contributed by atoms with Crippen LogP contribution in [0.1, 0.15) is 64.7 Å². The van der Waals surface area contributed by atoms with Crippen molar-refractivity contribution in [3.8, 4) is 0 Å². The highest BCUT2D eigenvalue weighted by molar-refractivity contribution is 5.85. The molecule has 150 valence electrons. The largest absolute Gasteiger partial charge is 0.458 e. The molecule has 4 heteroatoms. The molecule has 0 spiro atoms. The summed E-state index contributed by atoms with van der Waals surface area (Å²) in [5, 5.41) is 11.9. The molecule has 5 aliphatic rings. The highest BCUT2D eigenvalue weighted by atomic mass is 16.5. The minimum Gasteiger partial charge on any atom is -0.458 e. The second-order valence-electron chi connectivity index (χ2n) is 10.3. The fourth-order valence-electron chi connectivity index (χ4n) is 8.14. The molecule has 1 N–H and O–H groups in total. The Hall–Kier alpha value is -0.870. The van der Waals surface area contributed by atoms with Crippen LogP contribution in [0.3, 0.4) is 0 Å². The van der Waals surface area contributed by atoms with Crippen LogP contribution in [0, 0.1) is 35.0 Å². The maximum atomic E-state index is 11.9. The van der Waals surface area contributed by atoms with Gasteiger partial charge < -0.3 is 14.6 Å². The first-order valence-corrected chi connectivity index (χ1v) is 11.1. The molecule has 8 unspecified atom stereocenters. The van der Waals surface area contributed by atoms with Gasteiger partial charge in [0, 0.05) is 13.2 Å². The first-order valence-electron chi connectivity index (χ1n) is 11.1. The smallest absolute Gasteiger partial charge is 0.331 e. The molecule has 0 radical (unpaired) electrons. The molecular formula is C23H34O4. The van der Waals surface area contributed by atoms with Crippen LogP contribution in [0.15, 0.2) is 11.6 Å². The molecule has 8 atom stereocenters. The molecule has 4 fully saturated rings. The molecule has 4 nitrogen and oxygen atoms in total. The van der Waals surface area contributed by atoms with Crippen LogP contribution in [0.2, 0.25) is 0 Å². The van der Waals surface area contributed by atoms with E-state index in [0.29, 0.717) is 41.8 Å². The number of fused-ring (bicyclic) bond motifs is 5. The second kappa shape index (κ2) is 6.32. The van der Waals surface area contributed by atoms with Crippen LogP contribution in [0.4, 0.5) is 0 Å². The summed E-state index contributed by atoms with van der Waals surface area (Å²) in [6.07, 6.45) is 12.4. The van der Waals surface area contributed by atoms with Gasteiger partial charge in [-0.1, -0.05) is 6.92 Å². The van der Waals surface area contributed by atoms with E-state index >= 15 is 0 Å². The molecule has 1 heterocycles. The van der Waals surface area contributed by atoms with E-state index in [1.54, 1.807) is 6.08 Å². The monoisotopic (exact) mass is 374 g/mol. The van der Waals surface area contributed by atoms with Crippen molar-refractivity contribution in [2.75, 3.05) is 13.7 Å². The summed E-state index contributed by atoms with van der Waals surface area (Å²) in [5.74, 6) is 2.28. The van der Waals surface area contributed by atoms with Crippen molar-refractivity contribution in [3.05, 3.63) is 11.6 Å². The summed E-state index contributed by atoms with van der Waals surface area (Å²) in [4.78, 5) is 11.6. The van der Waals surface area contributed by atoms with Crippen LogP contribution in [0.5, 0.6) is 0 Å². The average Bonchev–Trinajstić information content (AvgIpc) is 3.24. The van der Waals surface area contributed by atoms with Gasteiger partial charge in [0.15, 0.2) is 0 Å². The summed E-state index contributed by atoms with van der Waals surface area (Å²) in [6, 6.07) is 0. The molecule has 0 aromatic carbocycles. The lowest BCUT2D eigenvalue weighted by Crippen LogP contribution is -2.58. The Bertz CT molecular complexity index is 657. The van der Waals surface area contributed by atoms with Gasteiger partial charge in [-0.25, -0.2) is 4.79 Å². The summed E-state index contributed by atoms with van der Waals surface area (Å²) >= 11 is 0. The minimum atomic E-state index is -0.536. The molecular weight excluding hydrogens is 340 g/mol. The Kier molecular flexibility index (Phi) is 4.25. The fraction of sp³-hybridized carbons (Fsp3) is 0.870. The van der Waals surface area contributed by atoms with Gasteiger partial charge in [0.1, 0.15) is 6.61 Å². The second-order valence-corrected chi connectivity index (χ2v) is 10.3. The third-order valence-corrected chi connectivity index (χ3v) is 9.55. The van der Waals surface area contributed by atoms with Crippen LogP contribution < -0.4 is 0 Å². The Labute approximate surface area is 162 Å². The van der Waals surface area contributed by atoms with Crippen LogP contribution in [-0.2, 0) is 14.3 Å². The van der Waals surface area contributed by atoms with Gasteiger partial charge in [0.2, 0.25) is 0 Å². The third kappa shape index (κ3) is 2.58. The van der Waals surface area contributed by atoms with Crippen molar-refractivity contribution in [2.45, 2.75) is 76.4 Å². The highest BCUT2D eigenvalue weighted by Crippen LogP contribution is 2.65. The molecule has 1 aliphatic heterocycles. The number of hydrogen-bond acceptors (Lipinski definition) is 4. The van der Waals surface area contributed by atoms with Crippen LogP contribution in [-0.4, -0.2) is 36.5 Å². The molecule has 4 aliphatic carbocycles. The predicted molar refractivity (Wildman–Crippen MR) is 102 cm³/mol. The van der Waals surface area contributed by atoms with E-state index in [-0.39, 0.29) is 5.97 Å². The maximum absolute atomic E-state index is 11.9. The number of methoxy groups -OCH3 is 1. The van der Waals surface area contributed by atoms with Gasteiger partial charge in [-0.15, -0.1) is 0 Å². The lowest BCUT2D eigenvalue weighted by atomic mass is 9.46. The van der Waals surface area contributed by atoms with E-state index in [1.807, 2.05) is 7.11 Å². The number of rotatable bonds is 2. The Balaban J connectivity index is 1.40. The van der Waals surface area contributed by atoms with Crippen molar-refractivity contribution in [2.24, 2.45) is 35.0 Å². The van der Waals surface area contributed by atoms with Gasteiger partial charge in [0.05, 0.1) is 11.7 Å². The van der Waals surface area contributed by atoms with E-state index in [9.17, 15) is 9.90 Å². The van der Waals surface area contributed by atoms with Crippen molar-refractivity contribution >= 4 is 5.97 Å². The highest BCUT2D eigenvalue weighted by Gasteiger charge is 2.62. The van der Waals surface area contributed by atoms with Crippen molar-refractivity contribution in [1.82, 2.24) is 0 Å². The van der Waals surface area contributed by atoms with Gasteiger partial charge in [-0.05, 0) is 98.4 Å². The Morgan fingerprint density at radius 1 is 1.07 bits per heavy atom. The Morgan fingerprint density at radius 3 is 2.59 bits per heavy atom. The van der Waals surface area contributed by atoms with Gasteiger partial charge in [0.25, 0.3) is 0 Å². The molecule has 0 saturated heterocycles. The topological polar surface area (TPSA) is 55.8 Å². The zero-order valence-corrected chi connectivity index (χ0v) is 16.8. The van der Waals surface area contributed by atoms with Crippen LogP contribution in [0.25, 0.3) is 0 Å².